The molecule has 1 N–H and O–H groups in total. The molecule has 2 aromatic carbocycles. The third-order valence-corrected chi connectivity index (χ3v) is 4.77. The van der Waals surface area contributed by atoms with Crippen molar-refractivity contribution in [2.75, 3.05) is 0 Å². The number of pyridine rings is 1. The largest absolute Gasteiger partial charge is 0.486 e. The molecule has 0 unspecified atom stereocenters. The van der Waals surface area contributed by atoms with Gasteiger partial charge >= 0.3 is 0 Å². The van der Waals surface area contributed by atoms with E-state index in [9.17, 15) is 4.79 Å². The average Bonchev–Trinajstić information content (AvgIpc) is 3.21. The second-order valence-corrected chi connectivity index (χ2v) is 6.93. The molecule has 4 aromatic rings. The number of amides is 1. The Balaban J connectivity index is 1.44. The number of ether oxygens (including phenoxy) is 1. The van der Waals surface area contributed by atoms with Crippen molar-refractivity contribution in [1.29, 1.82) is 5.26 Å². The fraction of sp³-hybridized carbons (Fsp3) is 0.125. The molecule has 6 nitrogen and oxygen atoms in total. The van der Waals surface area contributed by atoms with Crippen LogP contribution in [0, 0.1) is 18.3 Å². The van der Waals surface area contributed by atoms with Crippen LogP contribution in [0.2, 0.25) is 0 Å². The highest BCUT2D eigenvalue weighted by Gasteiger charge is 2.13. The van der Waals surface area contributed by atoms with Gasteiger partial charge < -0.3 is 14.5 Å². The van der Waals surface area contributed by atoms with Gasteiger partial charge in [0, 0.05) is 18.9 Å². The van der Waals surface area contributed by atoms with Crippen molar-refractivity contribution >= 4 is 11.6 Å². The molecule has 148 valence electrons. The Kier molecular flexibility index (Phi) is 5.44. The van der Waals surface area contributed by atoms with Crippen LogP contribution in [0.5, 0.6) is 5.75 Å². The zero-order valence-electron chi connectivity index (χ0n) is 16.5. The number of carbonyl (C=O) groups excluding carboxylic acids is 1. The summed E-state index contributed by atoms with van der Waals surface area (Å²) in [6.45, 7) is 2.64. The summed E-state index contributed by atoms with van der Waals surface area (Å²) >= 11 is 0. The van der Waals surface area contributed by atoms with Crippen LogP contribution in [0.3, 0.4) is 0 Å². The molecular weight excluding hydrogens is 376 g/mol. The lowest BCUT2D eigenvalue weighted by atomic mass is 10.1. The number of hydrogen-bond donors (Lipinski definition) is 1. The summed E-state index contributed by atoms with van der Waals surface area (Å²) in [5.74, 6) is 0.282. The zero-order chi connectivity index (χ0) is 20.9. The first-order valence-corrected chi connectivity index (χ1v) is 9.56. The molecule has 0 spiro atoms. The van der Waals surface area contributed by atoms with Crippen molar-refractivity contribution in [2.24, 2.45) is 0 Å². The minimum Gasteiger partial charge on any atom is -0.486 e. The van der Waals surface area contributed by atoms with E-state index in [4.69, 9.17) is 10.00 Å². The van der Waals surface area contributed by atoms with Gasteiger partial charge in [-0.3, -0.25) is 4.79 Å². The maximum Gasteiger partial charge on any atom is 0.255 e. The number of para-hydroxylation sites is 1. The van der Waals surface area contributed by atoms with Crippen LogP contribution in [-0.4, -0.2) is 15.3 Å². The van der Waals surface area contributed by atoms with Gasteiger partial charge in [-0.15, -0.1) is 0 Å². The van der Waals surface area contributed by atoms with Crippen LogP contribution in [0.1, 0.15) is 32.7 Å². The Morgan fingerprint density at radius 1 is 1.13 bits per heavy atom. The molecule has 0 bridgehead atoms. The third-order valence-electron chi connectivity index (χ3n) is 4.77. The number of nitrogens with zero attached hydrogens (tertiary/aromatic N) is 3. The molecule has 4 rings (SSSR count). The molecule has 6 heteroatoms. The summed E-state index contributed by atoms with van der Waals surface area (Å²) in [6, 6.07) is 20.3. The lowest BCUT2D eigenvalue weighted by Gasteiger charge is -2.11. The standard InChI is InChI=1S/C24H20N4O2/c1-17-5-4-12-28-15-20(27-23(17)28)16-30-22-7-3-2-6-21(22)24(29)26-14-19-10-8-18(13-25)9-11-19/h2-12,15H,14,16H2,1H3,(H,26,29). The fourth-order valence-electron chi connectivity index (χ4n) is 3.18. The highest BCUT2D eigenvalue weighted by Crippen LogP contribution is 2.20. The van der Waals surface area contributed by atoms with Crippen LogP contribution < -0.4 is 10.1 Å². The molecule has 0 aliphatic heterocycles. The lowest BCUT2D eigenvalue weighted by Crippen LogP contribution is -2.23. The molecule has 30 heavy (non-hydrogen) atoms. The average molecular weight is 396 g/mol. The number of rotatable bonds is 6. The molecule has 0 aliphatic carbocycles. The van der Waals surface area contributed by atoms with E-state index in [1.54, 1.807) is 30.3 Å². The van der Waals surface area contributed by atoms with E-state index in [2.05, 4.69) is 16.4 Å². The molecule has 2 aromatic heterocycles. The molecule has 0 saturated carbocycles. The van der Waals surface area contributed by atoms with Crippen LogP contribution in [-0.2, 0) is 13.2 Å². The van der Waals surface area contributed by atoms with Gasteiger partial charge in [-0.05, 0) is 48.4 Å². The maximum atomic E-state index is 12.7. The van der Waals surface area contributed by atoms with E-state index in [1.807, 2.05) is 54.0 Å². The van der Waals surface area contributed by atoms with Crippen molar-refractivity contribution in [1.82, 2.24) is 14.7 Å². The molecule has 0 radical (unpaired) electrons. The van der Waals surface area contributed by atoms with Gasteiger partial charge in [-0.25, -0.2) is 4.98 Å². The SMILES string of the molecule is Cc1cccn2cc(COc3ccccc3C(=O)NCc3ccc(C#N)cc3)nc12. The van der Waals surface area contributed by atoms with Gasteiger partial charge in [-0.2, -0.15) is 5.26 Å². The molecular formula is C24H20N4O2. The van der Waals surface area contributed by atoms with Gasteiger partial charge in [-0.1, -0.05) is 30.3 Å². The molecule has 2 heterocycles. The van der Waals surface area contributed by atoms with E-state index in [0.717, 1.165) is 22.5 Å². The first kappa shape index (κ1) is 19.2. The second kappa shape index (κ2) is 8.50. The fourth-order valence-corrected chi connectivity index (χ4v) is 3.18. The quantitative estimate of drug-likeness (QED) is 0.534. The highest BCUT2D eigenvalue weighted by atomic mass is 16.5. The van der Waals surface area contributed by atoms with Gasteiger partial charge in [0.2, 0.25) is 0 Å². The van der Waals surface area contributed by atoms with Crippen LogP contribution in [0.15, 0.2) is 73.1 Å². The predicted molar refractivity (Wildman–Crippen MR) is 113 cm³/mol. The predicted octanol–water partition coefficient (Wildman–Crippen LogP) is 4.02. The summed E-state index contributed by atoms with van der Waals surface area (Å²) in [4.78, 5) is 17.3. The van der Waals surface area contributed by atoms with E-state index in [-0.39, 0.29) is 12.5 Å². The topological polar surface area (TPSA) is 79.4 Å². The smallest absolute Gasteiger partial charge is 0.255 e. The Bertz CT molecular complexity index is 1240. The third kappa shape index (κ3) is 4.15. The summed E-state index contributed by atoms with van der Waals surface area (Å²) in [7, 11) is 0. The highest BCUT2D eigenvalue weighted by molar-refractivity contribution is 5.96. The summed E-state index contributed by atoms with van der Waals surface area (Å²) in [5, 5.41) is 11.8. The summed E-state index contributed by atoms with van der Waals surface area (Å²) in [6.07, 6.45) is 3.87. The minimum atomic E-state index is -0.221. The molecule has 0 atom stereocenters. The number of nitriles is 1. The van der Waals surface area contributed by atoms with Crippen molar-refractivity contribution in [3.63, 3.8) is 0 Å². The number of aromatic nitrogens is 2. The number of carbonyl (C=O) groups is 1. The minimum absolute atomic E-state index is 0.221. The van der Waals surface area contributed by atoms with Gasteiger partial charge in [0.1, 0.15) is 18.0 Å². The van der Waals surface area contributed by atoms with Gasteiger partial charge in [0.15, 0.2) is 0 Å². The zero-order valence-corrected chi connectivity index (χ0v) is 16.5. The number of imidazole rings is 1. The normalized spacial score (nSPS) is 10.5. The monoisotopic (exact) mass is 396 g/mol. The second-order valence-electron chi connectivity index (χ2n) is 6.93. The number of benzene rings is 2. The first-order valence-electron chi connectivity index (χ1n) is 9.56. The Hall–Kier alpha value is -4.11. The van der Waals surface area contributed by atoms with Gasteiger partial charge in [0.25, 0.3) is 5.91 Å². The van der Waals surface area contributed by atoms with Crippen molar-refractivity contribution in [3.8, 4) is 11.8 Å². The summed E-state index contributed by atoms with van der Waals surface area (Å²) < 4.78 is 7.89. The molecule has 0 saturated heterocycles. The molecule has 0 aliphatic rings. The van der Waals surface area contributed by atoms with Crippen LogP contribution >= 0.6 is 0 Å². The lowest BCUT2D eigenvalue weighted by molar-refractivity contribution is 0.0946. The number of nitrogens with one attached hydrogen (secondary N) is 1. The number of fused-ring (bicyclic) bond motifs is 1. The van der Waals surface area contributed by atoms with E-state index < -0.39 is 0 Å². The number of aryl methyl sites for hydroxylation is 1. The Morgan fingerprint density at radius 2 is 1.93 bits per heavy atom. The number of hydrogen-bond acceptors (Lipinski definition) is 4. The Morgan fingerprint density at radius 3 is 2.70 bits per heavy atom. The maximum absolute atomic E-state index is 12.7. The van der Waals surface area contributed by atoms with Crippen LogP contribution in [0.4, 0.5) is 0 Å². The van der Waals surface area contributed by atoms with Crippen molar-refractivity contribution < 1.29 is 9.53 Å². The van der Waals surface area contributed by atoms with Crippen molar-refractivity contribution in [3.05, 3.63) is 101 Å². The molecule has 0 fully saturated rings. The van der Waals surface area contributed by atoms with E-state index in [1.165, 1.54) is 0 Å². The van der Waals surface area contributed by atoms with Crippen molar-refractivity contribution in [2.45, 2.75) is 20.1 Å². The first-order chi connectivity index (χ1) is 14.6. The summed E-state index contributed by atoms with van der Waals surface area (Å²) in [5.41, 5.74) is 4.74. The van der Waals surface area contributed by atoms with Crippen LogP contribution in [0.25, 0.3) is 5.65 Å². The van der Waals surface area contributed by atoms with Gasteiger partial charge in [0.05, 0.1) is 22.9 Å². The molecule has 1 amide bonds. The van der Waals surface area contributed by atoms with E-state index >= 15 is 0 Å². The Labute approximate surface area is 174 Å². The van der Waals surface area contributed by atoms with E-state index in [0.29, 0.717) is 23.4 Å².